The third kappa shape index (κ3) is 3.98. The second kappa shape index (κ2) is 8.12. The Labute approximate surface area is 162 Å². The first-order valence-electron chi connectivity index (χ1n) is 8.92. The van der Waals surface area contributed by atoms with Crippen LogP contribution < -0.4 is 14.4 Å². The number of rotatable bonds is 6. The predicted octanol–water partition coefficient (Wildman–Crippen LogP) is 2.87. The highest BCUT2D eigenvalue weighted by Crippen LogP contribution is 2.34. The van der Waals surface area contributed by atoms with Gasteiger partial charge in [0.05, 0.1) is 17.9 Å². The number of esters is 1. The first-order valence-corrected chi connectivity index (χ1v) is 8.92. The summed E-state index contributed by atoms with van der Waals surface area (Å²) in [5.41, 5.74) is 1.29. The fourth-order valence-corrected chi connectivity index (χ4v) is 2.84. The molecule has 1 aliphatic rings. The van der Waals surface area contributed by atoms with Gasteiger partial charge in [0.2, 0.25) is 0 Å². The molecule has 7 nitrogen and oxygen atoms in total. The van der Waals surface area contributed by atoms with Gasteiger partial charge in [-0.05, 0) is 50.2 Å². The summed E-state index contributed by atoms with van der Waals surface area (Å²) in [5.74, 6) is 0.0550. The van der Waals surface area contributed by atoms with Gasteiger partial charge in [0.15, 0.2) is 18.5 Å². The van der Waals surface area contributed by atoms with Gasteiger partial charge in [0, 0.05) is 12.6 Å². The van der Waals surface area contributed by atoms with Gasteiger partial charge in [-0.15, -0.1) is 0 Å². The lowest BCUT2D eigenvalue weighted by Gasteiger charge is -2.30. The number of benzene rings is 2. The molecule has 0 saturated heterocycles. The van der Waals surface area contributed by atoms with Crippen molar-refractivity contribution in [1.82, 2.24) is 0 Å². The highest BCUT2D eigenvalue weighted by atomic mass is 16.5. The molecule has 2 aromatic carbocycles. The van der Waals surface area contributed by atoms with E-state index in [4.69, 9.17) is 14.2 Å². The van der Waals surface area contributed by atoms with E-state index in [1.165, 1.54) is 11.0 Å². The summed E-state index contributed by atoms with van der Waals surface area (Å²) < 4.78 is 16.0. The Hall–Kier alpha value is -3.35. The number of likely N-dealkylation sites (N-methyl/N-ethyl adjacent to an activating group) is 1. The van der Waals surface area contributed by atoms with E-state index < -0.39 is 12.1 Å². The summed E-state index contributed by atoms with van der Waals surface area (Å²) in [6.07, 6.45) is -0.561. The maximum atomic E-state index is 12.5. The van der Waals surface area contributed by atoms with E-state index in [1.807, 2.05) is 0 Å². The molecule has 0 fully saturated rings. The minimum absolute atomic E-state index is 0.177. The lowest BCUT2D eigenvalue weighted by molar-refractivity contribution is -0.125. The molecule has 0 N–H and O–H groups in total. The smallest absolute Gasteiger partial charge is 0.338 e. The van der Waals surface area contributed by atoms with E-state index in [-0.39, 0.29) is 24.9 Å². The van der Waals surface area contributed by atoms with E-state index in [0.29, 0.717) is 28.3 Å². The van der Waals surface area contributed by atoms with E-state index in [1.54, 1.807) is 57.3 Å². The number of ether oxygens (including phenoxy) is 3. The highest BCUT2D eigenvalue weighted by Gasteiger charge is 2.29. The zero-order chi connectivity index (χ0) is 20.3. The lowest BCUT2D eigenvalue weighted by Crippen LogP contribution is -2.42. The monoisotopic (exact) mass is 383 g/mol. The summed E-state index contributed by atoms with van der Waals surface area (Å²) in [7, 11) is 1.64. The third-order valence-corrected chi connectivity index (χ3v) is 4.34. The minimum Gasteiger partial charge on any atom is -0.485 e. The zero-order valence-corrected chi connectivity index (χ0v) is 15.9. The molecule has 0 saturated carbocycles. The molecule has 0 spiro atoms. The van der Waals surface area contributed by atoms with Crippen molar-refractivity contribution in [3.05, 3.63) is 53.6 Å². The van der Waals surface area contributed by atoms with E-state index in [0.717, 1.165) is 0 Å². The van der Waals surface area contributed by atoms with Crippen molar-refractivity contribution in [2.45, 2.75) is 20.0 Å². The SMILES string of the molecule is CCOC(=O)c1cccc(OCC(=O)c2ccc3c(c2)N(C)C(=O)C(C)O3)c1. The topological polar surface area (TPSA) is 82.1 Å². The number of amides is 1. The molecule has 28 heavy (non-hydrogen) atoms. The maximum absolute atomic E-state index is 12.5. The van der Waals surface area contributed by atoms with Crippen LogP contribution in [-0.2, 0) is 9.53 Å². The Bertz CT molecular complexity index is 923. The number of hydrogen-bond donors (Lipinski definition) is 0. The van der Waals surface area contributed by atoms with Crippen LogP contribution in [0.4, 0.5) is 5.69 Å². The van der Waals surface area contributed by atoms with Crippen molar-refractivity contribution in [2.75, 3.05) is 25.2 Å². The second-order valence-corrected chi connectivity index (χ2v) is 6.30. The molecule has 0 aliphatic carbocycles. The largest absolute Gasteiger partial charge is 0.485 e. The van der Waals surface area contributed by atoms with E-state index in [9.17, 15) is 14.4 Å². The van der Waals surface area contributed by atoms with E-state index >= 15 is 0 Å². The van der Waals surface area contributed by atoms with Crippen molar-refractivity contribution in [2.24, 2.45) is 0 Å². The normalized spacial score (nSPS) is 15.5. The number of carbonyl (C=O) groups excluding carboxylic acids is 3. The molecule has 0 bridgehead atoms. The molecule has 1 atom stereocenters. The molecule has 0 radical (unpaired) electrons. The van der Waals surface area contributed by atoms with Gasteiger partial charge >= 0.3 is 5.97 Å². The number of ketones is 1. The van der Waals surface area contributed by atoms with Gasteiger partial charge in [-0.1, -0.05) is 6.07 Å². The van der Waals surface area contributed by atoms with Crippen LogP contribution in [0.3, 0.4) is 0 Å². The van der Waals surface area contributed by atoms with Crippen LogP contribution in [0.1, 0.15) is 34.6 Å². The molecule has 2 aromatic rings. The standard InChI is InChI=1S/C21H21NO6/c1-4-26-21(25)15-6-5-7-16(10-15)27-12-18(23)14-8-9-19-17(11-14)22(3)20(24)13(2)28-19/h5-11,13H,4,12H2,1-3H3. The van der Waals surface area contributed by atoms with Crippen molar-refractivity contribution in [1.29, 1.82) is 0 Å². The molecule has 1 unspecified atom stereocenters. The maximum Gasteiger partial charge on any atom is 0.338 e. The first kappa shape index (κ1) is 19.4. The Morgan fingerprint density at radius 3 is 2.68 bits per heavy atom. The van der Waals surface area contributed by atoms with Crippen LogP contribution in [0.2, 0.25) is 0 Å². The molecule has 146 valence electrons. The summed E-state index contributed by atoms with van der Waals surface area (Å²) in [6.45, 7) is 3.48. The summed E-state index contributed by atoms with van der Waals surface area (Å²) in [6, 6.07) is 11.4. The molecule has 3 rings (SSSR count). The van der Waals surface area contributed by atoms with E-state index in [2.05, 4.69) is 0 Å². The Morgan fingerprint density at radius 1 is 1.14 bits per heavy atom. The van der Waals surface area contributed by atoms with Crippen molar-refractivity contribution >= 4 is 23.3 Å². The predicted molar refractivity (Wildman–Crippen MR) is 102 cm³/mol. The van der Waals surface area contributed by atoms with Crippen LogP contribution in [0, 0.1) is 0 Å². The Balaban J connectivity index is 1.70. The molecule has 7 heteroatoms. The minimum atomic E-state index is -0.561. The van der Waals surface area contributed by atoms with Crippen molar-refractivity contribution < 1.29 is 28.6 Å². The second-order valence-electron chi connectivity index (χ2n) is 6.30. The molecule has 1 aliphatic heterocycles. The van der Waals surface area contributed by atoms with Gasteiger partial charge in [-0.3, -0.25) is 9.59 Å². The fraction of sp³-hybridized carbons (Fsp3) is 0.286. The summed E-state index contributed by atoms with van der Waals surface area (Å²) in [4.78, 5) is 37.8. The van der Waals surface area contributed by atoms with Crippen LogP contribution in [-0.4, -0.2) is 44.0 Å². The fourth-order valence-electron chi connectivity index (χ4n) is 2.84. The molecular formula is C21H21NO6. The van der Waals surface area contributed by atoms with Gasteiger partial charge in [-0.25, -0.2) is 4.79 Å². The van der Waals surface area contributed by atoms with Gasteiger partial charge in [0.25, 0.3) is 5.91 Å². The van der Waals surface area contributed by atoms with Crippen molar-refractivity contribution in [3.8, 4) is 11.5 Å². The summed E-state index contributed by atoms with van der Waals surface area (Å²) >= 11 is 0. The van der Waals surface area contributed by atoms with Crippen LogP contribution in [0.25, 0.3) is 0 Å². The van der Waals surface area contributed by atoms with Crippen LogP contribution >= 0.6 is 0 Å². The van der Waals surface area contributed by atoms with Crippen molar-refractivity contribution in [3.63, 3.8) is 0 Å². The first-order chi connectivity index (χ1) is 13.4. The van der Waals surface area contributed by atoms with Gasteiger partial charge < -0.3 is 19.1 Å². The number of anilines is 1. The van der Waals surface area contributed by atoms with Crippen LogP contribution in [0.15, 0.2) is 42.5 Å². The number of fused-ring (bicyclic) bond motifs is 1. The average Bonchev–Trinajstić information content (AvgIpc) is 2.70. The number of carbonyl (C=O) groups is 3. The molecule has 1 heterocycles. The Morgan fingerprint density at radius 2 is 1.93 bits per heavy atom. The van der Waals surface area contributed by atoms with Gasteiger partial charge in [0.1, 0.15) is 11.5 Å². The van der Waals surface area contributed by atoms with Gasteiger partial charge in [-0.2, -0.15) is 0 Å². The van der Waals surface area contributed by atoms with Crippen LogP contribution in [0.5, 0.6) is 11.5 Å². The Kier molecular flexibility index (Phi) is 5.63. The number of Topliss-reactive ketones (excluding diaryl/α,β-unsaturated/α-hetero) is 1. The summed E-state index contributed by atoms with van der Waals surface area (Å²) in [5, 5.41) is 0. The number of hydrogen-bond acceptors (Lipinski definition) is 6. The molecule has 0 aromatic heterocycles. The zero-order valence-electron chi connectivity index (χ0n) is 15.9. The number of nitrogens with zero attached hydrogens (tertiary/aromatic N) is 1. The molecular weight excluding hydrogens is 362 g/mol. The molecule has 1 amide bonds. The third-order valence-electron chi connectivity index (χ3n) is 4.34. The quantitative estimate of drug-likeness (QED) is 0.564. The lowest BCUT2D eigenvalue weighted by atomic mass is 10.1. The highest BCUT2D eigenvalue weighted by molar-refractivity contribution is 6.03. The average molecular weight is 383 g/mol.